The highest BCUT2D eigenvalue weighted by molar-refractivity contribution is 9.10. The number of rotatable bonds is 6. The van der Waals surface area contributed by atoms with Gasteiger partial charge in [0.25, 0.3) is 11.8 Å². The maximum absolute atomic E-state index is 12.2. The third-order valence-electron chi connectivity index (χ3n) is 3.91. The summed E-state index contributed by atoms with van der Waals surface area (Å²) in [5.74, 6) is -0.239. The van der Waals surface area contributed by atoms with Crippen LogP contribution in [0, 0.1) is 13.8 Å². The molecule has 0 saturated carbocycles. The highest BCUT2D eigenvalue weighted by atomic mass is 79.9. The number of benzene rings is 2. The number of quaternary nitrogens is 1. The molecule has 0 aliphatic rings. The monoisotopic (exact) mass is 404 g/mol. The molecule has 3 N–H and O–H groups in total. The summed E-state index contributed by atoms with van der Waals surface area (Å²) in [4.78, 5) is 25.1. The Kier molecular flexibility index (Phi) is 6.73. The number of carbonyl (C=O) groups excluding carboxylic acids is 2. The highest BCUT2D eigenvalue weighted by Gasteiger charge is 2.15. The Morgan fingerprint density at radius 2 is 1.64 bits per heavy atom. The zero-order valence-corrected chi connectivity index (χ0v) is 16.2. The van der Waals surface area contributed by atoms with Crippen LogP contribution in [0.25, 0.3) is 0 Å². The van der Waals surface area contributed by atoms with Gasteiger partial charge in [0.1, 0.15) is 0 Å². The molecular weight excluding hydrogens is 382 g/mol. The molecule has 0 aliphatic carbocycles. The van der Waals surface area contributed by atoms with Gasteiger partial charge in [-0.05, 0) is 49.2 Å². The first-order valence-electron chi connectivity index (χ1n) is 8.08. The second-order valence-electron chi connectivity index (χ2n) is 6.16. The smallest absolute Gasteiger partial charge is 0.279 e. The van der Waals surface area contributed by atoms with Crippen LogP contribution in [0.3, 0.4) is 0 Å². The Morgan fingerprint density at radius 1 is 1.00 bits per heavy atom. The van der Waals surface area contributed by atoms with Gasteiger partial charge in [0, 0.05) is 15.8 Å². The lowest BCUT2D eigenvalue weighted by Crippen LogP contribution is -3.11. The van der Waals surface area contributed by atoms with Crippen molar-refractivity contribution in [3.63, 3.8) is 0 Å². The largest absolute Gasteiger partial charge is 0.322 e. The molecule has 2 aromatic carbocycles. The van der Waals surface area contributed by atoms with E-state index in [2.05, 4.69) is 26.6 Å². The molecule has 0 spiro atoms. The molecule has 2 aromatic rings. The van der Waals surface area contributed by atoms with Crippen LogP contribution in [0.2, 0.25) is 0 Å². The molecule has 6 heteroatoms. The van der Waals surface area contributed by atoms with E-state index in [0.717, 1.165) is 31.9 Å². The summed E-state index contributed by atoms with van der Waals surface area (Å²) in [6.45, 7) is 4.42. The first-order valence-corrected chi connectivity index (χ1v) is 8.87. The maximum atomic E-state index is 12.2. The predicted molar refractivity (Wildman–Crippen MR) is 104 cm³/mol. The van der Waals surface area contributed by atoms with Gasteiger partial charge in [-0.15, -0.1) is 0 Å². The van der Waals surface area contributed by atoms with Gasteiger partial charge in [-0.1, -0.05) is 34.1 Å². The van der Waals surface area contributed by atoms with Gasteiger partial charge in [-0.2, -0.15) is 0 Å². The van der Waals surface area contributed by atoms with E-state index in [1.54, 1.807) is 0 Å². The van der Waals surface area contributed by atoms with Gasteiger partial charge in [0.15, 0.2) is 13.1 Å². The lowest BCUT2D eigenvalue weighted by atomic mass is 10.1. The summed E-state index contributed by atoms with van der Waals surface area (Å²) in [5, 5.41) is 5.75. The van der Waals surface area contributed by atoms with E-state index in [1.807, 2.05) is 63.4 Å². The number of aryl methyl sites for hydroxylation is 1. The lowest BCUT2D eigenvalue weighted by Gasteiger charge is -2.15. The van der Waals surface area contributed by atoms with Crippen LogP contribution in [-0.4, -0.2) is 32.0 Å². The number of anilines is 2. The van der Waals surface area contributed by atoms with Crippen molar-refractivity contribution in [1.82, 2.24) is 0 Å². The van der Waals surface area contributed by atoms with E-state index in [9.17, 15) is 9.59 Å². The van der Waals surface area contributed by atoms with E-state index in [0.29, 0.717) is 0 Å². The fourth-order valence-electron chi connectivity index (χ4n) is 2.46. The standard InChI is InChI=1S/C19H22BrN3O2/c1-13-6-4-9-17(14(13)2)22-19(25)12-23(3)11-18(24)21-16-8-5-7-15(20)10-16/h4-10H,11-12H2,1-3H3,(H,21,24)(H,22,25)/p+1. The summed E-state index contributed by atoms with van der Waals surface area (Å²) < 4.78 is 0.902. The van der Waals surface area contributed by atoms with Crippen LogP contribution in [0.15, 0.2) is 46.9 Å². The fourth-order valence-corrected chi connectivity index (χ4v) is 2.86. The molecule has 1 unspecified atom stereocenters. The molecule has 0 fully saturated rings. The summed E-state index contributed by atoms with van der Waals surface area (Å²) in [7, 11) is 1.82. The number of nitrogens with one attached hydrogen (secondary N) is 3. The van der Waals surface area contributed by atoms with Crippen LogP contribution < -0.4 is 15.5 Å². The Bertz CT molecular complexity index is 777. The van der Waals surface area contributed by atoms with Crippen molar-refractivity contribution in [2.45, 2.75) is 13.8 Å². The van der Waals surface area contributed by atoms with Gasteiger partial charge >= 0.3 is 0 Å². The minimum Gasteiger partial charge on any atom is -0.322 e. The molecule has 2 amide bonds. The molecular formula is C19H23BrN3O2+. The molecule has 1 atom stereocenters. The van der Waals surface area contributed by atoms with Crippen LogP contribution in [0.5, 0.6) is 0 Å². The average Bonchev–Trinajstić information content (AvgIpc) is 2.51. The van der Waals surface area contributed by atoms with Crippen LogP contribution in [0.4, 0.5) is 11.4 Å². The van der Waals surface area contributed by atoms with Gasteiger partial charge in [0.05, 0.1) is 7.05 Å². The van der Waals surface area contributed by atoms with E-state index >= 15 is 0 Å². The van der Waals surface area contributed by atoms with Crippen molar-refractivity contribution in [3.05, 3.63) is 58.1 Å². The van der Waals surface area contributed by atoms with Crippen molar-refractivity contribution >= 4 is 39.1 Å². The SMILES string of the molecule is Cc1cccc(NC(=O)C[NH+](C)CC(=O)Nc2cccc(Br)c2)c1C. The number of hydrogen-bond donors (Lipinski definition) is 3. The van der Waals surface area contributed by atoms with Crippen LogP contribution in [0.1, 0.15) is 11.1 Å². The molecule has 0 saturated heterocycles. The fraction of sp³-hybridized carbons (Fsp3) is 0.263. The Hall–Kier alpha value is -2.18. The molecule has 0 bridgehead atoms. The third kappa shape index (κ3) is 5.99. The summed E-state index contributed by atoms with van der Waals surface area (Å²) in [5.41, 5.74) is 3.73. The average molecular weight is 405 g/mol. The van der Waals surface area contributed by atoms with Gasteiger partial charge in [-0.3, -0.25) is 9.59 Å². The second-order valence-corrected chi connectivity index (χ2v) is 7.08. The second kappa shape index (κ2) is 8.78. The number of amides is 2. The van der Waals surface area contributed by atoms with E-state index in [1.165, 1.54) is 0 Å². The quantitative estimate of drug-likeness (QED) is 0.690. The van der Waals surface area contributed by atoms with Crippen LogP contribution >= 0.6 is 15.9 Å². The number of hydrogen-bond acceptors (Lipinski definition) is 2. The highest BCUT2D eigenvalue weighted by Crippen LogP contribution is 2.17. The normalized spacial score (nSPS) is 11.7. The number of carbonyl (C=O) groups is 2. The zero-order valence-electron chi connectivity index (χ0n) is 14.7. The Labute approximate surface area is 156 Å². The van der Waals surface area contributed by atoms with E-state index < -0.39 is 0 Å². The van der Waals surface area contributed by atoms with Gasteiger partial charge in [-0.25, -0.2) is 0 Å². The first kappa shape index (κ1) is 19.1. The summed E-state index contributed by atoms with van der Waals surface area (Å²) >= 11 is 3.37. The molecule has 25 heavy (non-hydrogen) atoms. The molecule has 0 aromatic heterocycles. The van der Waals surface area contributed by atoms with E-state index in [-0.39, 0.29) is 24.9 Å². The topological polar surface area (TPSA) is 62.6 Å². The van der Waals surface area contributed by atoms with Crippen molar-refractivity contribution in [2.24, 2.45) is 0 Å². The van der Waals surface area contributed by atoms with Crippen molar-refractivity contribution in [3.8, 4) is 0 Å². The lowest BCUT2D eigenvalue weighted by molar-refractivity contribution is -0.862. The molecule has 2 rings (SSSR count). The van der Waals surface area contributed by atoms with Crippen molar-refractivity contribution in [2.75, 3.05) is 30.8 Å². The summed E-state index contributed by atoms with van der Waals surface area (Å²) in [6, 6.07) is 13.2. The van der Waals surface area contributed by atoms with Crippen molar-refractivity contribution in [1.29, 1.82) is 0 Å². The first-order chi connectivity index (χ1) is 11.8. The van der Waals surface area contributed by atoms with Gasteiger partial charge in [0.2, 0.25) is 0 Å². The predicted octanol–water partition coefficient (Wildman–Crippen LogP) is 2.16. The molecule has 0 radical (unpaired) electrons. The minimum atomic E-state index is -0.130. The van der Waals surface area contributed by atoms with Gasteiger partial charge < -0.3 is 15.5 Å². The molecule has 0 heterocycles. The number of halogens is 1. The van der Waals surface area contributed by atoms with Crippen molar-refractivity contribution < 1.29 is 14.5 Å². The van der Waals surface area contributed by atoms with E-state index in [4.69, 9.17) is 0 Å². The molecule has 5 nitrogen and oxygen atoms in total. The molecule has 0 aliphatic heterocycles. The third-order valence-corrected chi connectivity index (χ3v) is 4.41. The van der Waals surface area contributed by atoms with Crippen LogP contribution in [-0.2, 0) is 9.59 Å². The minimum absolute atomic E-state index is 0.110. The molecule has 132 valence electrons. The zero-order chi connectivity index (χ0) is 18.4. The Balaban J connectivity index is 1.84. The maximum Gasteiger partial charge on any atom is 0.279 e. The Morgan fingerprint density at radius 3 is 2.32 bits per heavy atom. The number of likely N-dealkylation sites (N-methyl/N-ethyl adjacent to an activating group) is 1. The summed E-state index contributed by atoms with van der Waals surface area (Å²) in [6.07, 6.45) is 0.